The van der Waals surface area contributed by atoms with Crippen molar-refractivity contribution in [2.24, 2.45) is 0 Å². The number of nitrogens with one attached hydrogen (secondary N) is 1. The van der Waals surface area contributed by atoms with Crippen molar-refractivity contribution in [1.82, 2.24) is 20.1 Å². The Hall–Kier alpha value is -4.31. The van der Waals surface area contributed by atoms with Gasteiger partial charge in [-0.15, -0.1) is 0 Å². The molecule has 0 spiro atoms. The van der Waals surface area contributed by atoms with Crippen LogP contribution in [0.2, 0.25) is 0 Å². The molecule has 3 rings (SSSR count). The summed E-state index contributed by atoms with van der Waals surface area (Å²) in [4.78, 5) is 44.1. The van der Waals surface area contributed by atoms with E-state index >= 15 is 0 Å². The third kappa shape index (κ3) is 10.2. The zero-order valence-electron chi connectivity index (χ0n) is 24.5. The van der Waals surface area contributed by atoms with Gasteiger partial charge in [0.05, 0.1) is 31.5 Å². The van der Waals surface area contributed by atoms with Gasteiger partial charge in [-0.3, -0.25) is 14.6 Å². The Morgan fingerprint density at radius 2 is 1.88 bits per heavy atom. The smallest absolute Gasteiger partial charge is 0.410 e. The molecule has 2 N–H and O–H groups in total. The van der Waals surface area contributed by atoms with Crippen LogP contribution in [0.5, 0.6) is 5.75 Å². The number of rotatable bonds is 12. The minimum atomic E-state index is -3.13. The standard InChI is InChI=1S/C30H37F2N5O6/c1-29(2,3)43-28(41)36(12-4-14-38)13-5-15-42-24-8-6-21(7-9-24)25-16-22(10-11-34-25)27(40)35-19-26(39)37-20-30(31,32)17-23(37)18-33/h6-11,16,23,38H,4-5,12-15,17,19-20H2,1-3H3,(H,35,40)/t23-/m0/s1. The Morgan fingerprint density at radius 3 is 2.53 bits per heavy atom. The van der Waals surface area contributed by atoms with Crippen LogP contribution in [0.4, 0.5) is 13.6 Å². The zero-order valence-corrected chi connectivity index (χ0v) is 24.5. The number of amides is 3. The number of hydrogen-bond donors (Lipinski definition) is 2. The summed E-state index contributed by atoms with van der Waals surface area (Å²) >= 11 is 0. The number of aliphatic hydroxyl groups is 1. The van der Waals surface area contributed by atoms with E-state index in [-0.39, 0.29) is 12.2 Å². The summed E-state index contributed by atoms with van der Waals surface area (Å²) in [5.41, 5.74) is 0.793. The number of alkyl halides is 2. The van der Waals surface area contributed by atoms with Crippen molar-refractivity contribution < 1.29 is 37.7 Å². The maximum Gasteiger partial charge on any atom is 0.410 e. The number of carbonyl (C=O) groups is 3. The number of aliphatic hydroxyl groups excluding tert-OH is 1. The fourth-order valence-electron chi connectivity index (χ4n) is 4.33. The van der Waals surface area contributed by atoms with Crippen LogP contribution in [0.3, 0.4) is 0 Å². The predicted molar refractivity (Wildman–Crippen MR) is 152 cm³/mol. The monoisotopic (exact) mass is 601 g/mol. The Kier molecular flexibility index (Phi) is 11.4. The molecule has 1 fully saturated rings. The first-order chi connectivity index (χ1) is 20.3. The molecule has 1 aliphatic heterocycles. The van der Waals surface area contributed by atoms with Crippen LogP contribution < -0.4 is 10.1 Å². The quantitative estimate of drug-likeness (QED) is 0.351. The molecule has 0 bridgehead atoms. The highest BCUT2D eigenvalue weighted by Crippen LogP contribution is 2.31. The van der Waals surface area contributed by atoms with E-state index in [1.165, 1.54) is 18.3 Å². The van der Waals surface area contributed by atoms with Gasteiger partial charge in [-0.25, -0.2) is 13.6 Å². The van der Waals surface area contributed by atoms with Crippen molar-refractivity contribution in [3.63, 3.8) is 0 Å². The molecule has 2 aromatic rings. The fraction of sp³-hybridized carbons (Fsp3) is 0.500. The minimum absolute atomic E-state index is 0.0313. The zero-order chi connectivity index (χ0) is 31.6. The van der Waals surface area contributed by atoms with Gasteiger partial charge >= 0.3 is 6.09 Å². The number of ether oxygens (including phenoxy) is 2. The number of aromatic nitrogens is 1. The Morgan fingerprint density at radius 1 is 1.19 bits per heavy atom. The minimum Gasteiger partial charge on any atom is -0.494 e. The van der Waals surface area contributed by atoms with E-state index in [1.54, 1.807) is 56.0 Å². The maximum atomic E-state index is 13.6. The van der Waals surface area contributed by atoms with Crippen molar-refractivity contribution in [2.45, 2.75) is 57.6 Å². The Bertz CT molecular complexity index is 1310. The van der Waals surface area contributed by atoms with Crippen molar-refractivity contribution in [3.05, 3.63) is 48.2 Å². The predicted octanol–water partition coefficient (Wildman–Crippen LogP) is 3.63. The van der Waals surface area contributed by atoms with Crippen LogP contribution >= 0.6 is 0 Å². The summed E-state index contributed by atoms with van der Waals surface area (Å²) in [6.45, 7) is 5.09. The summed E-state index contributed by atoms with van der Waals surface area (Å²) < 4.78 is 38.5. The molecular formula is C30H37F2N5O6. The Labute approximate surface area is 249 Å². The van der Waals surface area contributed by atoms with E-state index in [1.807, 2.05) is 0 Å². The van der Waals surface area contributed by atoms with Gasteiger partial charge in [0.2, 0.25) is 5.91 Å². The topological polar surface area (TPSA) is 145 Å². The van der Waals surface area contributed by atoms with E-state index < -0.39 is 55.0 Å². The van der Waals surface area contributed by atoms with Gasteiger partial charge in [-0.1, -0.05) is 0 Å². The third-order valence-electron chi connectivity index (χ3n) is 6.39. The molecule has 3 amide bonds. The molecule has 0 unspecified atom stereocenters. The third-order valence-corrected chi connectivity index (χ3v) is 6.39. The highest BCUT2D eigenvalue weighted by atomic mass is 19.3. The first-order valence-corrected chi connectivity index (χ1v) is 13.9. The highest BCUT2D eigenvalue weighted by Gasteiger charge is 2.47. The number of nitriles is 1. The molecule has 11 nitrogen and oxygen atoms in total. The summed E-state index contributed by atoms with van der Waals surface area (Å²) in [6, 6.07) is 10.5. The molecule has 13 heteroatoms. The lowest BCUT2D eigenvalue weighted by molar-refractivity contribution is -0.131. The van der Waals surface area contributed by atoms with Gasteiger partial charge in [-0.05, 0) is 70.0 Å². The van der Waals surface area contributed by atoms with E-state index in [9.17, 15) is 23.2 Å². The largest absolute Gasteiger partial charge is 0.494 e. The lowest BCUT2D eigenvalue weighted by Crippen LogP contribution is -2.42. The van der Waals surface area contributed by atoms with Gasteiger partial charge in [0.15, 0.2) is 0 Å². The first-order valence-electron chi connectivity index (χ1n) is 13.9. The van der Waals surface area contributed by atoms with Crippen LogP contribution in [-0.2, 0) is 9.53 Å². The summed E-state index contributed by atoms with van der Waals surface area (Å²) in [7, 11) is 0. The number of nitrogens with zero attached hydrogens (tertiary/aromatic N) is 4. The maximum absolute atomic E-state index is 13.6. The van der Waals surface area contributed by atoms with Crippen LogP contribution in [0, 0.1) is 11.3 Å². The lowest BCUT2D eigenvalue weighted by atomic mass is 10.1. The number of likely N-dealkylation sites (tertiary alicyclic amines) is 1. The molecular weight excluding hydrogens is 564 g/mol. The average Bonchev–Trinajstić information content (AvgIpc) is 3.29. The molecule has 43 heavy (non-hydrogen) atoms. The van der Waals surface area contributed by atoms with E-state index in [4.69, 9.17) is 19.8 Å². The Balaban J connectivity index is 1.51. The van der Waals surface area contributed by atoms with Crippen LogP contribution in [0.25, 0.3) is 11.3 Å². The molecule has 1 aromatic carbocycles. The van der Waals surface area contributed by atoms with Gasteiger partial charge in [0.1, 0.15) is 17.4 Å². The lowest BCUT2D eigenvalue weighted by Gasteiger charge is -2.27. The number of pyridine rings is 1. The normalized spacial score (nSPS) is 15.8. The number of halogens is 2. The van der Waals surface area contributed by atoms with Gasteiger partial charge in [0, 0.05) is 43.4 Å². The van der Waals surface area contributed by atoms with Crippen molar-refractivity contribution in [3.8, 4) is 23.1 Å². The fourth-order valence-corrected chi connectivity index (χ4v) is 4.33. The van der Waals surface area contributed by atoms with E-state index in [0.717, 1.165) is 4.90 Å². The second-order valence-corrected chi connectivity index (χ2v) is 11.1. The van der Waals surface area contributed by atoms with E-state index in [0.29, 0.717) is 49.5 Å². The second kappa shape index (κ2) is 14.7. The summed E-state index contributed by atoms with van der Waals surface area (Å²) in [5, 5.41) is 20.6. The number of carbonyl (C=O) groups excluding carboxylic acids is 3. The number of hydrogen-bond acceptors (Lipinski definition) is 8. The SMILES string of the molecule is CC(C)(C)OC(=O)N(CCCO)CCCOc1ccc(-c2cc(C(=O)NCC(=O)N3CC(F)(F)C[C@H]3C#N)ccn2)cc1. The van der Waals surface area contributed by atoms with Crippen LogP contribution in [0.15, 0.2) is 42.6 Å². The van der Waals surface area contributed by atoms with E-state index in [2.05, 4.69) is 10.3 Å². The molecule has 1 aromatic heterocycles. The second-order valence-electron chi connectivity index (χ2n) is 11.1. The average molecular weight is 602 g/mol. The molecule has 0 saturated carbocycles. The number of benzene rings is 1. The highest BCUT2D eigenvalue weighted by molar-refractivity contribution is 5.97. The molecule has 0 aliphatic carbocycles. The molecule has 1 aliphatic rings. The van der Waals surface area contributed by atoms with Crippen LogP contribution in [-0.4, -0.2) is 94.8 Å². The molecule has 1 saturated heterocycles. The van der Waals surface area contributed by atoms with Gasteiger partial charge in [-0.2, -0.15) is 5.26 Å². The van der Waals surface area contributed by atoms with Crippen molar-refractivity contribution in [2.75, 3.05) is 39.4 Å². The summed E-state index contributed by atoms with van der Waals surface area (Å²) in [6.07, 6.45) is 1.27. The molecule has 2 heterocycles. The molecule has 232 valence electrons. The molecule has 1 atom stereocenters. The summed E-state index contributed by atoms with van der Waals surface area (Å²) in [5.74, 6) is -3.89. The van der Waals surface area contributed by atoms with Gasteiger partial charge in [0.25, 0.3) is 11.8 Å². The van der Waals surface area contributed by atoms with Crippen molar-refractivity contribution >= 4 is 17.9 Å². The first kappa shape index (κ1) is 33.2. The van der Waals surface area contributed by atoms with Gasteiger partial charge < -0.3 is 29.7 Å². The van der Waals surface area contributed by atoms with Crippen LogP contribution in [0.1, 0.15) is 50.4 Å². The van der Waals surface area contributed by atoms with Crippen molar-refractivity contribution in [1.29, 1.82) is 5.26 Å². The molecule has 0 radical (unpaired) electrons.